The molecule has 6 nitrogen and oxygen atoms in total. The van der Waals surface area contributed by atoms with Crippen LogP contribution in [0.2, 0.25) is 0 Å². The van der Waals surface area contributed by atoms with Gasteiger partial charge in [0.15, 0.2) is 11.6 Å². The second kappa shape index (κ2) is 10.7. The maximum absolute atomic E-state index is 13.7. The van der Waals surface area contributed by atoms with Gasteiger partial charge in [-0.15, -0.1) is 0 Å². The molecule has 3 heterocycles. The van der Waals surface area contributed by atoms with Crippen LogP contribution in [-0.4, -0.2) is 59.2 Å². The van der Waals surface area contributed by atoms with Crippen molar-refractivity contribution in [3.63, 3.8) is 0 Å². The monoisotopic (exact) mass is 510 g/mol. The lowest BCUT2D eigenvalue weighted by Gasteiger charge is -2.33. The van der Waals surface area contributed by atoms with Gasteiger partial charge in [0.2, 0.25) is 0 Å². The van der Waals surface area contributed by atoms with E-state index in [1.807, 2.05) is 26.1 Å². The van der Waals surface area contributed by atoms with E-state index in [2.05, 4.69) is 65.7 Å². The topological polar surface area (TPSA) is 58.4 Å². The number of carbonyl (C=O) groups excluding carboxylic acids is 2. The first kappa shape index (κ1) is 26.1. The zero-order chi connectivity index (χ0) is 27.0. The quantitative estimate of drug-likeness (QED) is 0.366. The summed E-state index contributed by atoms with van der Waals surface area (Å²) in [5.41, 5.74) is 7.77. The predicted octanol–water partition coefficient (Wildman–Crippen LogP) is 5.98. The average Bonchev–Trinajstić information content (AvgIpc) is 3.23. The van der Waals surface area contributed by atoms with Crippen molar-refractivity contribution in [2.24, 2.45) is 0 Å². The van der Waals surface area contributed by atoms with Crippen LogP contribution in [0.15, 0.2) is 59.5 Å². The fourth-order valence-electron chi connectivity index (χ4n) is 5.86. The number of fused-ring (bicyclic) bond motifs is 1. The van der Waals surface area contributed by atoms with E-state index in [0.717, 1.165) is 88.4 Å². The maximum atomic E-state index is 13.7. The lowest BCUT2D eigenvalue weighted by molar-refractivity contribution is -0.115. The highest BCUT2D eigenvalue weighted by Crippen LogP contribution is 2.33. The van der Waals surface area contributed by atoms with Gasteiger partial charge in [0, 0.05) is 80.0 Å². The Bertz CT molecular complexity index is 1450. The lowest BCUT2D eigenvalue weighted by atomic mass is 9.88. The molecule has 0 N–H and O–H groups in total. The molecule has 0 radical (unpaired) electrons. The maximum Gasteiger partial charge on any atom is 0.163 e. The van der Waals surface area contributed by atoms with Crippen LogP contribution in [0.4, 0.5) is 5.82 Å². The van der Waals surface area contributed by atoms with E-state index in [1.54, 1.807) is 0 Å². The largest absolute Gasteiger partial charge is 0.354 e. The van der Waals surface area contributed by atoms with Crippen molar-refractivity contribution in [1.82, 2.24) is 14.5 Å². The Kier molecular flexibility index (Phi) is 7.35. The zero-order valence-electron chi connectivity index (χ0n) is 23.3. The molecule has 5 rings (SSSR count). The first-order valence-corrected chi connectivity index (χ1v) is 13.7. The minimum absolute atomic E-state index is 0.0789. The van der Waals surface area contributed by atoms with Crippen molar-refractivity contribution < 1.29 is 9.59 Å². The van der Waals surface area contributed by atoms with Gasteiger partial charge in [-0.1, -0.05) is 11.6 Å². The van der Waals surface area contributed by atoms with Gasteiger partial charge in [-0.3, -0.25) is 9.59 Å². The molecular weight excluding hydrogens is 472 g/mol. The second-order valence-electron chi connectivity index (χ2n) is 10.9. The summed E-state index contributed by atoms with van der Waals surface area (Å²) in [4.78, 5) is 35.8. The van der Waals surface area contributed by atoms with Gasteiger partial charge < -0.3 is 14.4 Å². The molecule has 38 heavy (non-hydrogen) atoms. The van der Waals surface area contributed by atoms with E-state index in [0.29, 0.717) is 19.3 Å². The molecule has 6 heteroatoms. The highest BCUT2D eigenvalue weighted by Gasteiger charge is 2.22. The number of piperazine rings is 1. The Balaban J connectivity index is 1.47. The van der Waals surface area contributed by atoms with E-state index in [1.165, 1.54) is 0 Å². The van der Waals surface area contributed by atoms with Gasteiger partial charge in [-0.25, -0.2) is 4.98 Å². The number of aromatic nitrogens is 2. The van der Waals surface area contributed by atoms with Gasteiger partial charge in [-0.05, 0) is 87.7 Å². The van der Waals surface area contributed by atoms with Gasteiger partial charge in [0.1, 0.15) is 5.82 Å². The second-order valence-corrected chi connectivity index (χ2v) is 10.9. The number of likely N-dealkylation sites (N-methyl/N-ethyl adjacent to an activating group) is 1. The van der Waals surface area contributed by atoms with E-state index >= 15 is 0 Å². The number of benzene rings is 1. The van der Waals surface area contributed by atoms with Crippen LogP contribution < -0.4 is 4.90 Å². The van der Waals surface area contributed by atoms with Crippen LogP contribution in [0.3, 0.4) is 0 Å². The summed E-state index contributed by atoms with van der Waals surface area (Å²) in [6.45, 7) is 13.0. The van der Waals surface area contributed by atoms with Crippen LogP contribution in [0, 0.1) is 6.92 Å². The number of anilines is 1. The van der Waals surface area contributed by atoms with E-state index in [9.17, 15) is 9.59 Å². The van der Waals surface area contributed by atoms with E-state index in [4.69, 9.17) is 4.98 Å². The minimum atomic E-state index is 0.0789. The Morgan fingerprint density at radius 3 is 2.45 bits per heavy atom. The summed E-state index contributed by atoms with van der Waals surface area (Å²) in [5.74, 6) is 1.22. The Hall–Kier alpha value is -3.51. The number of pyridine rings is 1. The van der Waals surface area contributed by atoms with Crippen LogP contribution in [0.25, 0.3) is 22.0 Å². The standard InChI is InChI=1S/C32H38N4O2/c1-6-35-20-23(4)32-27(29(37)9-8-26-22(3)15-21(2)16-30(26)38)17-25(18-28(32)35)24-7-10-31(33-19-24)36-13-11-34(5)12-14-36/h7,10,15,17-20H,6,8-9,11-14,16H2,1-5H3. The van der Waals surface area contributed by atoms with Crippen molar-refractivity contribution in [3.8, 4) is 11.1 Å². The summed E-state index contributed by atoms with van der Waals surface area (Å²) >= 11 is 0. The number of hydrogen-bond acceptors (Lipinski definition) is 5. The van der Waals surface area contributed by atoms with Gasteiger partial charge in [-0.2, -0.15) is 0 Å². The average molecular weight is 511 g/mol. The molecule has 1 saturated heterocycles. The van der Waals surface area contributed by atoms with Crippen molar-refractivity contribution in [2.45, 2.75) is 53.5 Å². The van der Waals surface area contributed by atoms with E-state index in [-0.39, 0.29) is 11.6 Å². The molecule has 3 aromatic rings. The molecule has 198 valence electrons. The van der Waals surface area contributed by atoms with Crippen LogP contribution >= 0.6 is 0 Å². The number of aryl methyl sites for hydroxylation is 2. The number of carbonyl (C=O) groups is 2. The highest BCUT2D eigenvalue weighted by molar-refractivity contribution is 6.11. The summed E-state index contributed by atoms with van der Waals surface area (Å²) < 4.78 is 2.21. The molecule has 0 unspecified atom stereocenters. The number of hydrogen-bond donors (Lipinski definition) is 0. The number of rotatable bonds is 7. The van der Waals surface area contributed by atoms with Gasteiger partial charge in [0.25, 0.3) is 0 Å². The van der Waals surface area contributed by atoms with Crippen molar-refractivity contribution in [1.29, 1.82) is 0 Å². The third kappa shape index (κ3) is 5.10. The summed E-state index contributed by atoms with van der Waals surface area (Å²) in [6, 6.07) is 8.42. The summed E-state index contributed by atoms with van der Waals surface area (Å²) in [7, 11) is 2.15. The lowest BCUT2D eigenvalue weighted by Crippen LogP contribution is -2.44. The normalized spacial score (nSPS) is 16.9. The zero-order valence-corrected chi connectivity index (χ0v) is 23.3. The first-order chi connectivity index (χ1) is 18.2. The van der Waals surface area contributed by atoms with Crippen molar-refractivity contribution in [2.75, 3.05) is 38.1 Å². The van der Waals surface area contributed by atoms with Crippen molar-refractivity contribution >= 4 is 28.3 Å². The van der Waals surface area contributed by atoms with E-state index < -0.39 is 0 Å². The Morgan fingerprint density at radius 2 is 1.79 bits per heavy atom. The molecule has 2 aromatic heterocycles. The van der Waals surface area contributed by atoms with Gasteiger partial charge in [0.05, 0.1) is 0 Å². The predicted molar refractivity (Wildman–Crippen MR) is 155 cm³/mol. The fourth-order valence-corrected chi connectivity index (χ4v) is 5.86. The SMILES string of the molecule is CCn1cc(C)c2c(C(=O)CCC3=C(C)C=C(C)CC3=O)cc(-c3ccc(N4CCN(C)CC4)nc3)cc21. The highest BCUT2D eigenvalue weighted by atomic mass is 16.1. The number of nitrogens with zero attached hydrogens (tertiary/aromatic N) is 4. The summed E-state index contributed by atoms with van der Waals surface area (Å²) in [5, 5.41) is 1.01. The van der Waals surface area contributed by atoms with Crippen LogP contribution in [0.1, 0.15) is 56.0 Å². The smallest absolute Gasteiger partial charge is 0.163 e. The molecule has 1 fully saturated rings. The third-order valence-corrected chi connectivity index (χ3v) is 8.04. The molecular formula is C32H38N4O2. The first-order valence-electron chi connectivity index (χ1n) is 13.7. The third-order valence-electron chi connectivity index (χ3n) is 8.04. The molecule has 0 spiro atoms. The summed E-state index contributed by atoms with van der Waals surface area (Å²) in [6.07, 6.45) is 7.39. The molecule has 1 aliphatic heterocycles. The molecule has 1 aliphatic carbocycles. The Labute approximate surface area is 225 Å². The van der Waals surface area contributed by atoms with Gasteiger partial charge >= 0.3 is 0 Å². The van der Waals surface area contributed by atoms with Crippen LogP contribution in [-0.2, 0) is 11.3 Å². The minimum Gasteiger partial charge on any atom is -0.354 e. The molecule has 0 bridgehead atoms. The fraction of sp³-hybridized carbons (Fsp3) is 0.406. The van der Waals surface area contributed by atoms with Crippen LogP contribution in [0.5, 0.6) is 0 Å². The number of Topliss-reactive ketones (excluding diaryl/α,β-unsaturated/α-hetero) is 2. The molecule has 0 saturated carbocycles. The van der Waals surface area contributed by atoms with Crippen molar-refractivity contribution in [3.05, 3.63) is 70.6 Å². The molecule has 2 aliphatic rings. The number of allylic oxidation sites excluding steroid dienone is 4. The Morgan fingerprint density at radius 1 is 1.03 bits per heavy atom. The number of ketones is 2. The molecule has 0 atom stereocenters. The molecule has 0 amide bonds. The molecule has 1 aromatic carbocycles.